The van der Waals surface area contributed by atoms with Gasteiger partial charge in [0.25, 0.3) is 5.56 Å². The topological polar surface area (TPSA) is 96.3 Å². The number of aromatic amines is 1. The van der Waals surface area contributed by atoms with Crippen molar-refractivity contribution in [2.75, 3.05) is 13.1 Å². The summed E-state index contributed by atoms with van der Waals surface area (Å²) < 4.78 is 7.54. The van der Waals surface area contributed by atoms with Gasteiger partial charge in [-0.3, -0.25) is 9.69 Å². The van der Waals surface area contributed by atoms with Gasteiger partial charge in [0.15, 0.2) is 5.65 Å². The number of aliphatic hydroxyl groups is 1. The Morgan fingerprint density at radius 3 is 2.80 bits per heavy atom. The zero-order chi connectivity index (χ0) is 21.3. The van der Waals surface area contributed by atoms with E-state index in [2.05, 4.69) is 10.1 Å². The second kappa shape index (κ2) is 8.29. The molecule has 2 aromatic heterocycles. The second-order valence-electron chi connectivity index (χ2n) is 8.85. The fraction of sp³-hybridized carbons (Fsp3) is 0.500. The molecule has 0 bridgehead atoms. The van der Waals surface area contributed by atoms with E-state index in [1.165, 1.54) is 0 Å². The van der Waals surface area contributed by atoms with Crippen LogP contribution in [0.2, 0.25) is 0 Å². The quantitative estimate of drug-likeness (QED) is 0.626. The van der Waals surface area contributed by atoms with Crippen LogP contribution in [0.15, 0.2) is 41.3 Å². The first kappa shape index (κ1) is 20.7. The van der Waals surface area contributed by atoms with E-state index in [9.17, 15) is 9.90 Å². The van der Waals surface area contributed by atoms with Crippen LogP contribution in [0.1, 0.15) is 51.0 Å². The highest BCUT2D eigenvalue weighted by atomic mass is 16.6. The van der Waals surface area contributed by atoms with Crippen LogP contribution in [-0.2, 0) is 11.2 Å². The third kappa shape index (κ3) is 4.61. The Bertz CT molecular complexity index is 1050. The number of aliphatic hydroxyl groups excluding tert-OH is 1. The molecule has 2 N–H and O–H groups in total. The normalized spacial score (nSPS) is 19.3. The van der Waals surface area contributed by atoms with Crippen molar-refractivity contribution in [3.8, 4) is 0 Å². The zero-order valence-electron chi connectivity index (χ0n) is 17.7. The van der Waals surface area contributed by atoms with Crippen LogP contribution < -0.4 is 5.56 Å². The number of fused-ring (bicyclic) bond motifs is 1. The summed E-state index contributed by atoms with van der Waals surface area (Å²) in [7, 11) is 0. The average molecular weight is 412 g/mol. The third-order valence-corrected chi connectivity index (χ3v) is 5.27. The fourth-order valence-electron chi connectivity index (χ4n) is 3.90. The smallest absolute Gasteiger partial charge is 0.262 e. The van der Waals surface area contributed by atoms with E-state index in [1.54, 1.807) is 6.20 Å². The van der Waals surface area contributed by atoms with E-state index in [1.807, 2.05) is 60.7 Å². The van der Waals surface area contributed by atoms with Gasteiger partial charge in [0.2, 0.25) is 6.41 Å². The molecule has 3 heterocycles. The van der Waals surface area contributed by atoms with Gasteiger partial charge in [0, 0.05) is 19.5 Å². The van der Waals surface area contributed by atoms with E-state index in [0.29, 0.717) is 29.8 Å². The first-order valence-electron chi connectivity index (χ1n) is 10.4. The highest BCUT2D eigenvalue weighted by Gasteiger charge is 2.30. The highest BCUT2D eigenvalue weighted by molar-refractivity contribution is 5.73. The minimum absolute atomic E-state index is 0.00773. The van der Waals surface area contributed by atoms with Gasteiger partial charge in [-0.05, 0) is 39.2 Å². The van der Waals surface area contributed by atoms with E-state index in [0.717, 1.165) is 24.9 Å². The van der Waals surface area contributed by atoms with Crippen molar-refractivity contribution in [3.05, 3.63) is 58.3 Å². The second-order valence-corrected chi connectivity index (χ2v) is 8.85. The molecule has 8 heteroatoms. The Kier molecular flexibility index (Phi) is 5.73. The molecular formula is C22H29N5O3. The number of rotatable bonds is 5. The molecule has 1 aliphatic heterocycles. The summed E-state index contributed by atoms with van der Waals surface area (Å²) in [6, 6.07) is 9.93. The lowest BCUT2D eigenvalue weighted by atomic mass is 10.1. The maximum atomic E-state index is 12.6. The number of nitrogens with one attached hydrogen (secondary N) is 1. The van der Waals surface area contributed by atoms with E-state index in [4.69, 9.17) is 9.72 Å². The molecule has 2 unspecified atom stereocenters. The maximum absolute atomic E-state index is 12.6. The predicted molar refractivity (Wildman–Crippen MR) is 114 cm³/mol. The van der Waals surface area contributed by atoms with Gasteiger partial charge < -0.3 is 14.8 Å². The summed E-state index contributed by atoms with van der Waals surface area (Å²) in [6.07, 6.45) is 2.95. The Balaban J connectivity index is 1.60. The summed E-state index contributed by atoms with van der Waals surface area (Å²) in [5.41, 5.74) is 1.05. The fourth-order valence-corrected chi connectivity index (χ4v) is 3.90. The predicted octanol–water partition coefficient (Wildman–Crippen LogP) is 2.44. The van der Waals surface area contributed by atoms with Gasteiger partial charge in [-0.1, -0.05) is 30.3 Å². The summed E-state index contributed by atoms with van der Waals surface area (Å²) in [5.74, 6) is 0.615. The molecule has 1 aliphatic rings. The number of nitrogens with zero attached hydrogens (tertiary/aromatic N) is 4. The lowest BCUT2D eigenvalue weighted by Crippen LogP contribution is -2.47. The highest BCUT2D eigenvalue weighted by Crippen LogP contribution is 2.26. The molecule has 0 saturated carbocycles. The van der Waals surface area contributed by atoms with Gasteiger partial charge in [-0.25, -0.2) is 9.67 Å². The van der Waals surface area contributed by atoms with Gasteiger partial charge in [-0.2, -0.15) is 5.10 Å². The first-order valence-corrected chi connectivity index (χ1v) is 10.4. The lowest BCUT2D eigenvalue weighted by Gasteiger charge is -2.37. The molecule has 4 rings (SSSR count). The molecular weight excluding hydrogens is 382 g/mol. The van der Waals surface area contributed by atoms with Crippen LogP contribution in [0.5, 0.6) is 0 Å². The van der Waals surface area contributed by atoms with Crippen LogP contribution in [0, 0.1) is 0 Å². The van der Waals surface area contributed by atoms with Crippen LogP contribution in [0.25, 0.3) is 11.0 Å². The first-order chi connectivity index (χ1) is 14.3. The van der Waals surface area contributed by atoms with Crippen molar-refractivity contribution in [2.24, 2.45) is 0 Å². The lowest BCUT2D eigenvalue weighted by molar-refractivity contribution is -0.244. The van der Waals surface area contributed by atoms with Crippen molar-refractivity contribution in [1.82, 2.24) is 24.6 Å². The summed E-state index contributed by atoms with van der Waals surface area (Å²) >= 11 is 0. The molecule has 3 aromatic rings. The number of ether oxygens (including phenoxy) is 1. The molecule has 8 nitrogen and oxygen atoms in total. The molecule has 1 saturated heterocycles. The standard InChI is InChI=1S/C22H29N5O3/c1-22(2,3)30-21(29)26-11-7-10-16(14-26)27-19-17(13-23-27)20(28)25-18(24-19)12-15-8-5-4-6-9-15/h4-6,8-9,13,16,21,29H,7,10-12,14H2,1-3H3,(H,24,25,28). The largest absolute Gasteiger partial charge is 0.356 e. The maximum Gasteiger partial charge on any atom is 0.262 e. The Morgan fingerprint density at radius 2 is 2.07 bits per heavy atom. The number of likely N-dealkylation sites (tertiary alicyclic amines) is 1. The van der Waals surface area contributed by atoms with Crippen LogP contribution in [0.4, 0.5) is 0 Å². The molecule has 2 atom stereocenters. The van der Waals surface area contributed by atoms with E-state index in [-0.39, 0.29) is 11.6 Å². The van der Waals surface area contributed by atoms with Crippen LogP contribution in [0.3, 0.4) is 0 Å². The van der Waals surface area contributed by atoms with Crippen molar-refractivity contribution in [2.45, 2.75) is 58.1 Å². The minimum Gasteiger partial charge on any atom is -0.356 e. The number of hydrogen-bond acceptors (Lipinski definition) is 6. The molecule has 0 amide bonds. The Hall–Kier alpha value is -2.55. The third-order valence-electron chi connectivity index (χ3n) is 5.27. The molecule has 0 aliphatic carbocycles. The number of hydrogen-bond donors (Lipinski definition) is 2. The van der Waals surface area contributed by atoms with Crippen LogP contribution in [-0.4, -0.2) is 54.9 Å². The molecule has 160 valence electrons. The van der Waals surface area contributed by atoms with E-state index < -0.39 is 12.0 Å². The average Bonchev–Trinajstić information content (AvgIpc) is 3.12. The minimum atomic E-state index is -0.973. The molecule has 0 spiro atoms. The summed E-state index contributed by atoms with van der Waals surface area (Å²) in [4.78, 5) is 22.1. The van der Waals surface area contributed by atoms with Crippen molar-refractivity contribution >= 4 is 11.0 Å². The Morgan fingerprint density at radius 1 is 1.30 bits per heavy atom. The number of aromatic nitrogens is 4. The SMILES string of the molecule is CC(C)(C)OC(O)N1CCCC(n2ncc3c(=O)[nH]c(Cc4ccccc4)nc32)C1. The van der Waals surface area contributed by atoms with Crippen molar-refractivity contribution < 1.29 is 9.84 Å². The monoisotopic (exact) mass is 411 g/mol. The van der Waals surface area contributed by atoms with E-state index >= 15 is 0 Å². The van der Waals surface area contributed by atoms with Crippen LogP contribution >= 0.6 is 0 Å². The van der Waals surface area contributed by atoms with Crippen molar-refractivity contribution in [1.29, 1.82) is 0 Å². The van der Waals surface area contributed by atoms with Gasteiger partial charge >= 0.3 is 0 Å². The molecule has 1 fully saturated rings. The summed E-state index contributed by atoms with van der Waals surface area (Å²) in [5, 5.41) is 15.5. The molecule has 1 aromatic carbocycles. The number of piperidine rings is 1. The zero-order valence-corrected chi connectivity index (χ0v) is 17.7. The molecule has 30 heavy (non-hydrogen) atoms. The van der Waals surface area contributed by atoms with Gasteiger partial charge in [-0.15, -0.1) is 0 Å². The van der Waals surface area contributed by atoms with Gasteiger partial charge in [0.05, 0.1) is 17.8 Å². The molecule has 0 radical (unpaired) electrons. The summed E-state index contributed by atoms with van der Waals surface area (Å²) in [6.45, 7) is 7.09. The van der Waals surface area contributed by atoms with Gasteiger partial charge in [0.1, 0.15) is 11.2 Å². The number of H-pyrrole nitrogens is 1. The Labute approximate surface area is 175 Å². The van der Waals surface area contributed by atoms with Crippen molar-refractivity contribution in [3.63, 3.8) is 0 Å². The number of benzene rings is 1.